The molecule has 1 aromatic heterocycles. The number of thioether (sulfide) groups is 1. The molecule has 0 spiro atoms. The van der Waals surface area contributed by atoms with E-state index in [4.69, 9.17) is 0 Å². The molecule has 0 amide bonds. The van der Waals surface area contributed by atoms with E-state index in [-0.39, 0.29) is 0 Å². The predicted molar refractivity (Wildman–Crippen MR) is 100.0 cm³/mol. The van der Waals surface area contributed by atoms with Gasteiger partial charge in [-0.2, -0.15) is 4.31 Å². The predicted octanol–water partition coefficient (Wildman–Crippen LogP) is 3.01. The highest BCUT2D eigenvalue weighted by molar-refractivity contribution is 7.99. The molecule has 1 aliphatic rings. The Kier molecular flexibility index (Phi) is 5.50. The van der Waals surface area contributed by atoms with Crippen LogP contribution in [0.25, 0.3) is 11.4 Å². The molecular formula is C17H24N4O2S2. The maximum atomic E-state index is 12.6. The Labute approximate surface area is 153 Å². The Hall–Kier alpha value is -1.38. The Balaban J connectivity index is 1.81. The molecule has 0 N–H and O–H groups in total. The van der Waals surface area contributed by atoms with Crippen LogP contribution in [0.1, 0.15) is 26.7 Å². The number of benzene rings is 1. The van der Waals surface area contributed by atoms with Gasteiger partial charge in [0.15, 0.2) is 11.0 Å². The third-order valence-corrected chi connectivity index (χ3v) is 7.56. The minimum Gasteiger partial charge on any atom is -0.305 e. The molecule has 1 saturated heterocycles. The summed E-state index contributed by atoms with van der Waals surface area (Å²) in [6, 6.07) is 6.95. The second kappa shape index (κ2) is 7.47. The van der Waals surface area contributed by atoms with Gasteiger partial charge in [0.05, 0.1) is 4.90 Å². The fourth-order valence-electron chi connectivity index (χ4n) is 2.79. The lowest BCUT2D eigenvalue weighted by molar-refractivity contribution is 0.477. The average Bonchev–Trinajstić information content (AvgIpc) is 3.23. The molecule has 0 radical (unpaired) electrons. The third kappa shape index (κ3) is 3.91. The van der Waals surface area contributed by atoms with Crippen molar-refractivity contribution in [2.45, 2.75) is 36.7 Å². The zero-order valence-electron chi connectivity index (χ0n) is 14.8. The van der Waals surface area contributed by atoms with Crippen molar-refractivity contribution in [2.24, 2.45) is 13.0 Å². The van der Waals surface area contributed by atoms with Gasteiger partial charge >= 0.3 is 0 Å². The van der Waals surface area contributed by atoms with Crippen molar-refractivity contribution >= 4 is 21.8 Å². The van der Waals surface area contributed by atoms with Crippen LogP contribution < -0.4 is 0 Å². The number of hydrogen-bond acceptors (Lipinski definition) is 5. The van der Waals surface area contributed by atoms with Crippen LogP contribution in [-0.2, 0) is 17.1 Å². The molecular weight excluding hydrogens is 356 g/mol. The van der Waals surface area contributed by atoms with Crippen LogP contribution in [-0.4, -0.2) is 46.3 Å². The smallest absolute Gasteiger partial charge is 0.243 e. The molecule has 0 atom stereocenters. The van der Waals surface area contributed by atoms with Crippen molar-refractivity contribution in [1.82, 2.24) is 19.1 Å². The van der Waals surface area contributed by atoms with E-state index in [0.717, 1.165) is 35.1 Å². The van der Waals surface area contributed by atoms with Crippen molar-refractivity contribution in [2.75, 3.05) is 18.8 Å². The van der Waals surface area contributed by atoms with Gasteiger partial charge in [0.25, 0.3) is 0 Å². The molecule has 0 unspecified atom stereocenters. The summed E-state index contributed by atoms with van der Waals surface area (Å²) in [6.45, 7) is 5.57. The number of aromatic nitrogens is 3. The summed E-state index contributed by atoms with van der Waals surface area (Å²) in [5, 5.41) is 9.39. The van der Waals surface area contributed by atoms with Gasteiger partial charge in [0, 0.05) is 31.5 Å². The van der Waals surface area contributed by atoms with E-state index in [1.54, 1.807) is 28.2 Å². The second-order valence-corrected chi connectivity index (χ2v) is 9.63. The van der Waals surface area contributed by atoms with E-state index < -0.39 is 10.0 Å². The Morgan fingerprint density at radius 1 is 1.12 bits per heavy atom. The Morgan fingerprint density at radius 2 is 1.76 bits per heavy atom. The van der Waals surface area contributed by atoms with Gasteiger partial charge in [-0.25, -0.2) is 8.42 Å². The van der Waals surface area contributed by atoms with Crippen molar-refractivity contribution in [3.8, 4) is 11.4 Å². The molecule has 0 aliphatic carbocycles. The zero-order valence-corrected chi connectivity index (χ0v) is 16.5. The van der Waals surface area contributed by atoms with Crippen LogP contribution in [0.5, 0.6) is 0 Å². The monoisotopic (exact) mass is 380 g/mol. The molecule has 1 aromatic carbocycles. The van der Waals surface area contributed by atoms with Crippen LogP contribution in [0.15, 0.2) is 34.3 Å². The molecule has 1 fully saturated rings. The summed E-state index contributed by atoms with van der Waals surface area (Å²) < 4.78 is 28.7. The first-order valence-electron chi connectivity index (χ1n) is 8.52. The molecule has 1 aliphatic heterocycles. The van der Waals surface area contributed by atoms with Crippen molar-refractivity contribution < 1.29 is 8.42 Å². The Bertz CT molecular complexity index is 823. The van der Waals surface area contributed by atoms with Crippen LogP contribution >= 0.6 is 11.8 Å². The van der Waals surface area contributed by atoms with Gasteiger partial charge in [-0.1, -0.05) is 25.6 Å². The lowest BCUT2D eigenvalue weighted by Crippen LogP contribution is -2.27. The first-order valence-corrected chi connectivity index (χ1v) is 10.9. The first kappa shape index (κ1) is 18.4. The molecule has 2 heterocycles. The molecule has 3 rings (SSSR count). The second-order valence-electron chi connectivity index (χ2n) is 6.71. The largest absolute Gasteiger partial charge is 0.305 e. The Morgan fingerprint density at radius 3 is 2.36 bits per heavy atom. The molecule has 0 bridgehead atoms. The van der Waals surface area contributed by atoms with Crippen molar-refractivity contribution in [3.63, 3.8) is 0 Å². The maximum absolute atomic E-state index is 12.6. The SMILES string of the molecule is CC(C)CSc1nnc(-c2ccc(S(=O)(=O)N3CCCC3)cc2)n1C. The first-order chi connectivity index (χ1) is 11.9. The van der Waals surface area contributed by atoms with E-state index in [0.29, 0.717) is 23.9 Å². The van der Waals surface area contributed by atoms with E-state index in [9.17, 15) is 8.42 Å². The van der Waals surface area contributed by atoms with Gasteiger partial charge in [-0.15, -0.1) is 10.2 Å². The average molecular weight is 381 g/mol. The van der Waals surface area contributed by atoms with E-state index in [2.05, 4.69) is 24.0 Å². The van der Waals surface area contributed by atoms with Gasteiger partial charge in [0.2, 0.25) is 10.0 Å². The number of sulfonamides is 1. The van der Waals surface area contributed by atoms with E-state index >= 15 is 0 Å². The van der Waals surface area contributed by atoms with Crippen molar-refractivity contribution in [3.05, 3.63) is 24.3 Å². The molecule has 6 nitrogen and oxygen atoms in total. The normalized spacial score (nSPS) is 16.0. The lowest BCUT2D eigenvalue weighted by atomic mass is 10.2. The minimum atomic E-state index is -3.37. The van der Waals surface area contributed by atoms with Crippen molar-refractivity contribution in [1.29, 1.82) is 0 Å². The molecule has 8 heteroatoms. The summed E-state index contributed by atoms with van der Waals surface area (Å²) in [5.41, 5.74) is 0.867. The molecule has 25 heavy (non-hydrogen) atoms. The topological polar surface area (TPSA) is 68.1 Å². The fourth-order valence-corrected chi connectivity index (χ4v) is 5.16. The quantitative estimate of drug-likeness (QED) is 0.721. The van der Waals surface area contributed by atoms with E-state index in [1.807, 2.05) is 23.7 Å². The summed E-state index contributed by atoms with van der Waals surface area (Å²) in [7, 11) is -1.44. The minimum absolute atomic E-state index is 0.342. The molecule has 136 valence electrons. The summed E-state index contributed by atoms with van der Waals surface area (Å²) in [6.07, 6.45) is 1.88. The van der Waals surface area contributed by atoms with Crippen LogP contribution in [0, 0.1) is 5.92 Å². The summed E-state index contributed by atoms with van der Waals surface area (Å²) in [4.78, 5) is 0.342. The van der Waals surface area contributed by atoms with Gasteiger partial charge in [0.1, 0.15) is 0 Å². The van der Waals surface area contributed by atoms with Gasteiger partial charge < -0.3 is 4.57 Å². The fraction of sp³-hybridized carbons (Fsp3) is 0.529. The number of rotatable bonds is 6. The standard InChI is InChI=1S/C17H24N4O2S2/c1-13(2)12-24-17-19-18-16(20(17)3)14-6-8-15(9-7-14)25(22,23)21-10-4-5-11-21/h6-9,13H,4-5,10-12H2,1-3H3. The maximum Gasteiger partial charge on any atom is 0.243 e. The third-order valence-electron chi connectivity index (χ3n) is 4.20. The van der Waals surface area contributed by atoms with Crippen LogP contribution in [0.4, 0.5) is 0 Å². The van der Waals surface area contributed by atoms with Gasteiger partial charge in [-0.3, -0.25) is 0 Å². The number of nitrogens with zero attached hydrogens (tertiary/aromatic N) is 4. The molecule has 0 saturated carbocycles. The zero-order chi connectivity index (χ0) is 18.0. The van der Waals surface area contributed by atoms with Crippen LogP contribution in [0.2, 0.25) is 0 Å². The highest BCUT2D eigenvalue weighted by Crippen LogP contribution is 2.26. The molecule has 2 aromatic rings. The summed E-state index contributed by atoms with van der Waals surface area (Å²) in [5.74, 6) is 2.32. The summed E-state index contributed by atoms with van der Waals surface area (Å²) >= 11 is 1.68. The van der Waals surface area contributed by atoms with E-state index in [1.165, 1.54) is 0 Å². The number of hydrogen-bond donors (Lipinski definition) is 0. The lowest BCUT2D eigenvalue weighted by Gasteiger charge is -2.15. The highest BCUT2D eigenvalue weighted by atomic mass is 32.2. The van der Waals surface area contributed by atoms with Gasteiger partial charge in [-0.05, 0) is 43.0 Å². The van der Waals surface area contributed by atoms with Crippen LogP contribution in [0.3, 0.4) is 0 Å². The highest BCUT2D eigenvalue weighted by Gasteiger charge is 2.27.